The third-order valence-corrected chi connectivity index (χ3v) is 5.13. The molecule has 9 heteroatoms. The highest BCUT2D eigenvalue weighted by Crippen LogP contribution is 2.26. The molecule has 0 saturated carbocycles. The molecule has 2 aromatic rings. The Balaban J connectivity index is 2.16. The van der Waals surface area contributed by atoms with Crippen LogP contribution in [0.3, 0.4) is 0 Å². The molecule has 1 N–H and O–H groups in total. The predicted octanol–water partition coefficient (Wildman–Crippen LogP) is 5.46. The number of halogens is 2. The van der Waals surface area contributed by atoms with Crippen LogP contribution in [0.15, 0.2) is 23.6 Å². The number of nitrogens with one attached hydrogen (secondary N) is 1. The number of nitrogens with zero attached hydrogens (tertiary/aromatic N) is 2. The molecule has 1 heterocycles. The average molecular weight is 430 g/mol. The molecule has 0 atom stereocenters. The molecule has 0 aliphatic heterocycles. The summed E-state index contributed by atoms with van der Waals surface area (Å²) in [6.45, 7) is 8.02. The van der Waals surface area contributed by atoms with E-state index in [9.17, 15) is 9.59 Å². The van der Waals surface area contributed by atoms with Gasteiger partial charge >= 0.3 is 12.0 Å². The number of carbonyl (C=O) groups excluding carboxylic acids is 2. The van der Waals surface area contributed by atoms with E-state index in [1.54, 1.807) is 35.4 Å². The van der Waals surface area contributed by atoms with Crippen molar-refractivity contribution >= 4 is 52.2 Å². The number of rotatable bonds is 5. The summed E-state index contributed by atoms with van der Waals surface area (Å²) in [4.78, 5) is 30.5. The number of urea groups is 1. The van der Waals surface area contributed by atoms with Gasteiger partial charge in [0, 0.05) is 16.6 Å². The van der Waals surface area contributed by atoms with Gasteiger partial charge in [0.05, 0.1) is 23.2 Å². The first-order chi connectivity index (χ1) is 12.6. The maximum absolute atomic E-state index is 12.8. The number of ether oxygens (including phenoxy) is 1. The molecular weight excluding hydrogens is 409 g/mol. The zero-order valence-electron chi connectivity index (χ0n) is 15.5. The number of hydrogen-bond donors (Lipinski definition) is 1. The van der Waals surface area contributed by atoms with Gasteiger partial charge in [-0.05, 0) is 45.9 Å². The summed E-state index contributed by atoms with van der Waals surface area (Å²) in [7, 11) is 0. The number of benzene rings is 1. The van der Waals surface area contributed by atoms with Gasteiger partial charge in [-0.15, -0.1) is 11.3 Å². The van der Waals surface area contributed by atoms with E-state index in [1.165, 1.54) is 11.3 Å². The van der Waals surface area contributed by atoms with E-state index in [1.807, 2.05) is 20.8 Å². The van der Waals surface area contributed by atoms with Crippen LogP contribution in [-0.2, 0) is 11.3 Å². The molecule has 0 bridgehead atoms. The molecule has 1 aromatic carbocycles. The topological polar surface area (TPSA) is 71.5 Å². The maximum atomic E-state index is 12.8. The largest absolute Gasteiger partial charge is 0.461 e. The summed E-state index contributed by atoms with van der Waals surface area (Å²) in [5.41, 5.74) is 0.307. The van der Waals surface area contributed by atoms with Gasteiger partial charge in [-0.25, -0.2) is 14.6 Å². The summed E-state index contributed by atoms with van der Waals surface area (Å²) in [6, 6.07) is 4.57. The van der Waals surface area contributed by atoms with Crippen molar-refractivity contribution in [3.8, 4) is 0 Å². The van der Waals surface area contributed by atoms with Crippen LogP contribution in [0.25, 0.3) is 0 Å². The van der Waals surface area contributed by atoms with E-state index < -0.39 is 11.5 Å². The lowest BCUT2D eigenvalue weighted by Gasteiger charge is -2.35. The average Bonchev–Trinajstić information content (AvgIpc) is 3.04. The van der Waals surface area contributed by atoms with Gasteiger partial charge in [-0.3, -0.25) is 0 Å². The van der Waals surface area contributed by atoms with Crippen LogP contribution >= 0.6 is 34.5 Å². The second-order valence-corrected chi connectivity index (χ2v) is 8.42. The molecule has 0 radical (unpaired) electrons. The van der Waals surface area contributed by atoms with Crippen molar-refractivity contribution in [2.24, 2.45) is 0 Å². The highest BCUT2D eigenvalue weighted by Gasteiger charge is 2.28. The molecule has 1 aromatic heterocycles. The van der Waals surface area contributed by atoms with Gasteiger partial charge < -0.3 is 15.0 Å². The molecule has 0 spiro atoms. The molecule has 6 nitrogen and oxygen atoms in total. The zero-order chi connectivity index (χ0) is 20.2. The third kappa shape index (κ3) is 5.82. The van der Waals surface area contributed by atoms with E-state index >= 15 is 0 Å². The van der Waals surface area contributed by atoms with E-state index in [-0.39, 0.29) is 24.9 Å². The van der Waals surface area contributed by atoms with Crippen molar-refractivity contribution in [2.45, 2.75) is 39.8 Å². The number of hydrogen-bond acceptors (Lipinski definition) is 5. The second-order valence-electron chi connectivity index (χ2n) is 6.66. The molecule has 0 unspecified atom stereocenters. The van der Waals surface area contributed by atoms with Crippen LogP contribution in [0.1, 0.15) is 43.2 Å². The smallest absolute Gasteiger partial charge is 0.357 e. The molecule has 0 aliphatic carbocycles. The Morgan fingerprint density at radius 1 is 1.26 bits per heavy atom. The number of carbonyl (C=O) groups is 2. The molecule has 0 saturated heterocycles. The van der Waals surface area contributed by atoms with Gasteiger partial charge in [-0.1, -0.05) is 23.2 Å². The quantitative estimate of drug-likeness (QED) is 0.640. The summed E-state index contributed by atoms with van der Waals surface area (Å²) in [5.74, 6) is -0.470. The molecule has 2 rings (SSSR count). The van der Waals surface area contributed by atoms with Crippen LogP contribution in [0.2, 0.25) is 10.0 Å². The summed E-state index contributed by atoms with van der Waals surface area (Å²) in [5, 5.41) is 5.85. The Labute approximate surface area is 172 Å². The first kappa shape index (κ1) is 21.5. The predicted molar refractivity (Wildman–Crippen MR) is 109 cm³/mol. The molecule has 0 fully saturated rings. The molecule has 27 heavy (non-hydrogen) atoms. The van der Waals surface area contributed by atoms with E-state index in [4.69, 9.17) is 27.9 Å². The van der Waals surface area contributed by atoms with Gasteiger partial charge in [0.15, 0.2) is 5.69 Å². The highest BCUT2D eigenvalue weighted by atomic mass is 35.5. The van der Waals surface area contributed by atoms with Crippen molar-refractivity contribution in [2.75, 3.05) is 11.9 Å². The third-order valence-electron chi connectivity index (χ3n) is 3.56. The fraction of sp³-hybridized carbons (Fsp3) is 0.389. The summed E-state index contributed by atoms with van der Waals surface area (Å²) >= 11 is 13.2. The van der Waals surface area contributed by atoms with Crippen LogP contribution in [0.5, 0.6) is 0 Å². The number of esters is 1. The van der Waals surface area contributed by atoms with Crippen LogP contribution in [0, 0.1) is 0 Å². The minimum absolute atomic E-state index is 0.246. The van der Waals surface area contributed by atoms with E-state index in [2.05, 4.69) is 10.3 Å². The van der Waals surface area contributed by atoms with Crippen molar-refractivity contribution in [3.63, 3.8) is 0 Å². The minimum Gasteiger partial charge on any atom is -0.461 e. The maximum Gasteiger partial charge on any atom is 0.357 e. The number of anilines is 1. The lowest BCUT2D eigenvalue weighted by molar-refractivity contribution is 0.0520. The Morgan fingerprint density at radius 2 is 1.96 bits per heavy atom. The van der Waals surface area contributed by atoms with Gasteiger partial charge in [0.2, 0.25) is 0 Å². The number of aromatic nitrogens is 1. The molecule has 0 aliphatic rings. The van der Waals surface area contributed by atoms with Gasteiger partial charge in [-0.2, -0.15) is 0 Å². The first-order valence-electron chi connectivity index (χ1n) is 8.27. The van der Waals surface area contributed by atoms with Crippen molar-refractivity contribution in [1.29, 1.82) is 0 Å². The van der Waals surface area contributed by atoms with Crippen molar-refractivity contribution in [1.82, 2.24) is 9.88 Å². The first-order valence-corrected chi connectivity index (χ1v) is 9.90. The highest BCUT2D eigenvalue weighted by molar-refractivity contribution is 7.09. The Hall–Kier alpha value is -1.83. The minimum atomic E-state index is -0.476. The lowest BCUT2D eigenvalue weighted by Crippen LogP contribution is -2.47. The normalized spacial score (nSPS) is 11.2. The Bertz CT molecular complexity index is 833. The Kier molecular flexibility index (Phi) is 7.08. The summed E-state index contributed by atoms with van der Waals surface area (Å²) < 4.78 is 4.95. The van der Waals surface area contributed by atoms with E-state index in [0.717, 1.165) is 0 Å². The fourth-order valence-corrected chi connectivity index (χ4v) is 3.25. The van der Waals surface area contributed by atoms with Crippen molar-refractivity contribution < 1.29 is 14.3 Å². The van der Waals surface area contributed by atoms with Gasteiger partial charge in [0.25, 0.3) is 0 Å². The second kappa shape index (κ2) is 8.91. The number of thiazole rings is 1. The van der Waals surface area contributed by atoms with Crippen LogP contribution in [0.4, 0.5) is 10.5 Å². The SMILES string of the molecule is CCOC(=O)c1csc(CN(C(=O)Nc2ccc(Cl)c(Cl)c2)C(C)(C)C)n1. The monoisotopic (exact) mass is 429 g/mol. The molecular formula is C18H21Cl2N3O3S. The molecule has 146 valence electrons. The molecule has 2 amide bonds. The van der Waals surface area contributed by atoms with Gasteiger partial charge in [0.1, 0.15) is 5.01 Å². The zero-order valence-corrected chi connectivity index (χ0v) is 17.8. The Morgan fingerprint density at radius 3 is 2.56 bits per heavy atom. The fourth-order valence-electron chi connectivity index (χ4n) is 2.20. The van der Waals surface area contributed by atoms with Crippen LogP contribution < -0.4 is 5.32 Å². The van der Waals surface area contributed by atoms with Crippen LogP contribution in [-0.4, -0.2) is 34.0 Å². The number of amides is 2. The summed E-state index contributed by atoms with van der Waals surface area (Å²) in [6.07, 6.45) is 0. The van der Waals surface area contributed by atoms with E-state index in [0.29, 0.717) is 20.7 Å². The standard InChI is InChI=1S/C18H21Cl2N3O3S/c1-5-26-16(24)14-10-27-15(22-14)9-23(18(2,3)4)17(25)21-11-6-7-12(19)13(20)8-11/h6-8,10H,5,9H2,1-4H3,(H,21,25). The van der Waals surface area contributed by atoms with Crippen molar-refractivity contribution in [3.05, 3.63) is 44.3 Å². The lowest BCUT2D eigenvalue weighted by atomic mass is 10.1.